The third-order valence-corrected chi connectivity index (χ3v) is 4.79. The van der Waals surface area contributed by atoms with Gasteiger partial charge in [-0.1, -0.05) is 38.0 Å². The molecule has 2 unspecified atom stereocenters. The maximum absolute atomic E-state index is 6.15. The molecule has 21 heavy (non-hydrogen) atoms. The molecule has 0 radical (unpaired) electrons. The smallest absolute Gasteiger partial charge is 0.128 e. The molecule has 1 aliphatic rings. The van der Waals surface area contributed by atoms with Crippen molar-refractivity contribution in [3.63, 3.8) is 0 Å². The maximum atomic E-state index is 6.15. The van der Waals surface area contributed by atoms with Crippen molar-refractivity contribution in [2.24, 2.45) is 5.92 Å². The normalized spacial score (nSPS) is 22.8. The Morgan fingerprint density at radius 2 is 2.10 bits per heavy atom. The number of hydrogen-bond acceptors (Lipinski definition) is 3. The molecule has 1 aromatic heterocycles. The van der Waals surface area contributed by atoms with Crippen molar-refractivity contribution >= 4 is 16.7 Å². The number of rotatable bonds is 3. The van der Waals surface area contributed by atoms with Crippen LogP contribution in [0.25, 0.3) is 10.9 Å². The lowest BCUT2D eigenvalue weighted by Gasteiger charge is -2.34. The quantitative estimate of drug-likeness (QED) is 0.931. The van der Waals surface area contributed by atoms with E-state index in [4.69, 9.17) is 5.73 Å². The van der Waals surface area contributed by atoms with Gasteiger partial charge in [0.1, 0.15) is 5.82 Å². The second-order valence-corrected chi connectivity index (χ2v) is 6.57. The second kappa shape index (κ2) is 6.02. The Hall–Kier alpha value is -1.61. The monoisotopic (exact) mass is 283 g/mol. The Morgan fingerprint density at radius 1 is 1.29 bits per heavy atom. The Morgan fingerprint density at radius 3 is 2.90 bits per heavy atom. The molecule has 0 aliphatic heterocycles. The highest BCUT2D eigenvalue weighted by atomic mass is 15.1. The van der Waals surface area contributed by atoms with Crippen molar-refractivity contribution in [2.45, 2.75) is 45.2 Å². The summed E-state index contributed by atoms with van der Waals surface area (Å²) in [6.45, 7) is 3.26. The summed E-state index contributed by atoms with van der Waals surface area (Å²) in [7, 11) is 2.22. The number of anilines is 1. The average Bonchev–Trinajstić information content (AvgIpc) is 2.48. The molecule has 3 rings (SSSR count). The van der Waals surface area contributed by atoms with Gasteiger partial charge >= 0.3 is 0 Å². The molecule has 1 fully saturated rings. The lowest BCUT2D eigenvalue weighted by atomic mass is 9.86. The lowest BCUT2D eigenvalue weighted by Crippen LogP contribution is -2.35. The number of hydrogen-bond donors (Lipinski definition) is 1. The standard InChI is InChI=1S/C18H25N3/c1-13-6-5-8-16(10-13)21(2)12-15-11-14-7-3-4-9-17(14)20-18(15)19/h3-4,7,9,11,13,16H,5-6,8,10,12H2,1-2H3,(H2,19,20). The van der Waals surface area contributed by atoms with Gasteiger partial charge in [0.2, 0.25) is 0 Å². The van der Waals surface area contributed by atoms with E-state index in [2.05, 4.69) is 42.1 Å². The summed E-state index contributed by atoms with van der Waals surface area (Å²) in [5.74, 6) is 1.52. The summed E-state index contributed by atoms with van der Waals surface area (Å²) in [5.41, 5.74) is 8.28. The van der Waals surface area contributed by atoms with Crippen LogP contribution in [0.15, 0.2) is 30.3 Å². The molecule has 1 saturated carbocycles. The predicted molar refractivity (Wildman–Crippen MR) is 89.0 cm³/mol. The topological polar surface area (TPSA) is 42.2 Å². The fraction of sp³-hybridized carbons (Fsp3) is 0.500. The molecule has 2 N–H and O–H groups in total. The van der Waals surface area contributed by atoms with Gasteiger partial charge in [-0.15, -0.1) is 0 Å². The Labute approximate surface area is 127 Å². The number of fused-ring (bicyclic) bond motifs is 1. The van der Waals surface area contributed by atoms with Crippen LogP contribution in [0.5, 0.6) is 0 Å². The SMILES string of the molecule is CC1CCCC(N(C)Cc2cc3ccccc3nc2N)C1. The van der Waals surface area contributed by atoms with Crippen LogP contribution in [0.3, 0.4) is 0 Å². The summed E-state index contributed by atoms with van der Waals surface area (Å²) >= 11 is 0. The highest BCUT2D eigenvalue weighted by molar-refractivity contribution is 5.81. The summed E-state index contributed by atoms with van der Waals surface area (Å²) in [5, 5.41) is 1.17. The highest BCUT2D eigenvalue weighted by Gasteiger charge is 2.22. The molecular weight excluding hydrogens is 258 g/mol. The Bertz CT molecular complexity index is 623. The van der Waals surface area contributed by atoms with Crippen molar-refractivity contribution in [3.05, 3.63) is 35.9 Å². The van der Waals surface area contributed by atoms with Crippen molar-refractivity contribution in [3.8, 4) is 0 Å². The number of nitrogens with two attached hydrogens (primary N) is 1. The van der Waals surface area contributed by atoms with Crippen LogP contribution >= 0.6 is 0 Å². The van der Waals surface area contributed by atoms with Gasteiger partial charge < -0.3 is 5.73 Å². The van der Waals surface area contributed by atoms with Crippen LogP contribution in [-0.2, 0) is 6.54 Å². The van der Waals surface area contributed by atoms with Crippen molar-refractivity contribution in [1.82, 2.24) is 9.88 Å². The van der Waals surface area contributed by atoms with E-state index in [1.165, 1.54) is 31.1 Å². The van der Waals surface area contributed by atoms with Gasteiger partial charge in [0, 0.05) is 23.5 Å². The number of pyridine rings is 1. The molecule has 1 heterocycles. The average molecular weight is 283 g/mol. The van der Waals surface area contributed by atoms with Crippen LogP contribution < -0.4 is 5.73 Å². The molecule has 112 valence electrons. The molecule has 1 aliphatic carbocycles. The Balaban J connectivity index is 1.79. The molecule has 3 nitrogen and oxygen atoms in total. The fourth-order valence-electron chi connectivity index (χ4n) is 3.50. The zero-order valence-electron chi connectivity index (χ0n) is 13.0. The summed E-state index contributed by atoms with van der Waals surface area (Å²) in [6, 6.07) is 11.1. The molecule has 0 spiro atoms. The van der Waals surface area contributed by atoms with E-state index in [9.17, 15) is 0 Å². The highest BCUT2D eigenvalue weighted by Crippen LogP contribution is 2.28. The van der Waals surface area contributed by atoms with Crippen LogP contribution in [0, 0.1) is 5.92 Å². The van der Waals surface area contributed by atoms with Gasteiger partial charge in [-0.3, -0.25) is 4.90 Å². The number of benzene rings is 1. The van der Waals surface area contributed by atoms with E-state index < -0.39 is 0 Å². The molecule has 2 aromatic rings. The number of nitrogens with zero attached hydrogens (tertiary/aromatic N) is 2. The van der Waals surface area contributed by atoms with Crippen molar-refractivity contribution in [2.75, 3.05) is 12.8 Å². The van der Waals surface area contributed by atoms with Crippen LogP contribution in [0.2, 0.25) is 0 Å². The van der Waals surface area contributed by atoms with Crippen LogP contribution in [-0.4, -0.2) is 23.0 Å². The summed E-state index contributed by atoms with van der Waals surface area (Å²) < 4.78 is 0. The third kappa shape index (κ3) is 3.18. The third-order valence-electron chi connectivity index (χ3n) is 4.79. The van der Waals surface area contributed by atoms with Gasteiger partial charge in [-0.05, 0) is 37.9 Å². The number of nitrogen functional groups attached to an aromatic ring is 1. The van der Waals surface area contributed by atoms with Gasteiger partial charge in [-0.2, -0.15) is 0 Å². The first-order valence-electron chi connectivity index (χ1n) is 7.98. The molecular formula is C18H25N3. The fourth-order valence-corrected chi connectivity index (χ4v) is 3.50. The van der Waals surface area contributed by atoms with E-state index in [0.29, 0.717) is 11.9 Å². The van der Waals surface area contributed by atoms with E-state index in [-0.39, 0.29) is 0 Å². The molecule has 1 aromatic carbocycles. The van der Waals surface area contributed by atoms with Crippen molar-refractivity contribution in [1.29, 1.82) is 0 Å². The van der Waals surface area contributed by atoms with E-state index >= 15 is 0 Å². The largest absolute Gasteiger partial charge is 0.383 e. The van der Waals surface area contributed by atoms with Gasteiger partial charge in [0.15, 0.2) is 0 Å². The van der Waals surface area contributed by atoms with E-state index in [1.54, 1.807) is 0 Å². The number of aromatic nitrogens is 1. The molecule has 2 atom stereocenters. The molecule has 0 saturated heterocycles. The van der Waals surface area contributed by atoms with Crippen molar-refractivity contribution < 1.29 is 0 Å². The number of para-hydroxylation sites is 1. The van der Waals surface area contributed by atoms with Gasteiger partial charge in [0.25, 0.3) is 0 Å². The first kappa shape index (κ1) is 14.3. The minimum atomic E-state index is 0.671. The predicted octanol–water partition coefficient (Wildman–Crippen LogP) is 3.83. The Kier molecular flexibility index (Phi) is 4.11. The molecule has 0 bridgehead atoms. The maximum Gasteiger partial charge on any atom is 0.128 e. The lowest BCUT2D eigenvalue weighted by molar-refractivity contribution is 0.158. The molecule has 0 amide bonds. The van der Waals surface area contributed by atoms with E-state index in [0.717, 1.165) is 23.5 Å². The van der Waals surface area contributed by atoms with Crippen LogP contribution in [0.1, 0.15) is 38.2 Å². The van der Waals surface area contributed by atoms with E-state index in [1.807, 2.05) is 12.1 Å². The van der Waals surface area contributed by atoms with Gasteiger partial charge in [0.05, 0.1) is 5.52 Å². The minimum absolute atomic E-state index is 0.671. The second-order valence-electron chi connectivity index (χ2n) is 6.57. The first-order valence-corrected chi connectivity index (χ1v) is 7.98. The van der Waals surface area contributed by atoms with Gasteiger partial charge in [-0.25, -0.2) is 4.98 Å². The first-order chi connectivity index (χ1) is 10.1. The zero-order valence-corrected chi connectivity index (χ0v) is 13.0. The van der Waals surface area contributed by atoms with Crippen LogP contribution in [0.4, 0.5) is 5.82 Å². The molecule has 3 heteroatoms. The summed E-state index contributed by atoms with van der Waals surface area (Å²) in [6.07, 6.45) is 5.34. The zero-order chi connectivity index (χ0) is 14.8. The summed E-state index contributed by atoms with van der Waals surface area (Å²) in [4.78, 5) is 7.00. The minimum Gasteiger partial charge on any atom is -0.383 e.